The minimum Gasteiger partial charge on any atom is -0.493 e. The topological polar surface area (TPSA) is 107 Å². The molecule has 0 aliphatic carbocycles. The van der Waals surface area contributed by atoms with Crippen molar-refractivity contribution in [3.05, 3.63) is 100 Å². The zero-order chi connectivity index (χ0) is 27.5. The first kappa shape index (κ1) is 26.0. The number of halogens is 2. The number of carbonyl (C=O) groups excluding carboxylic acids is 1. The van der Waals surface area contributed by atoms with E-state index in [4.69, 9.17) is 30.9 Å². The van der Waals surface area contributed by atoms with Crippen molar-refractivity contribution < 1.29 is 33.3 Å². The Hall–Kier alpha value is -4.63. The maximum Gasteiger partial charge on any atom is 0.506 e. The number of fused-ring (bicyclic) bond motifs is 1. The minimum absolute atomic E-state index is 0.250. The van der Waals surface area contributed by atoms with Gasteiger partial charge in [-0.1, -0.05) is 29.8 Å². The minimum atomic E-state index is -1.38. The van der Waals surface area contributed by atoms with Gasteiger partial charge in [0.15, 0.2) is 0 Å². The monoisotopic (exact) mass is 548 g/mol. The predicted molar refractivity (Wildman–Crippen MR) is 142 cm³/mol. The van der Waals surface area contributed by atoms with Crippen molar-refractivity contribution in [3.63, 3.8) is 0 Å². The molecule has 1 aromatic heterocycles. The smallest absolute Gasteiger partial charge is 0.493 e. The molecule has 0 saturated heterocycles. The van der Waals surface area contributed by atoms with Gasteiger partial charge < -0.3 is 24.6 Å². The fourth-order valence-electron chi connectivity index (χ4n) is 4.09. The fraction of sp³-hybridized carbons (Fsp3) is 0.138. The van der Waals surface area contributed by atoms with Crippen molar-refractivity contribution in [3.8, 4) is 28.5 Å². The molecule has 198 valence electrons. The Morgan fingerprint density at radius 3 is 2.64 bits per heavy atom. The van der Waals surface area contributed by atoms with Crippen LogP contribution in [0.3, 0.4) is 0 Å². The molecule has 0 fully saturated rings. The van der Waals surface area contributed by atoms with Crippen molar-refractivity contribution >= 4 is 29.5 Å². The summed E-state index contributed by atoms with van der Waals surface area (Å²) in [4.78, 5) is 28.2. The van der Waals surface area contributed by atoms with Crippen LogP contribution >= 0.6 is 11.6 Å². The molecule has 1 unspecified atom stereocenters. The van der Waals surface area contributed by atoms with E-state index in [9.17, 15) is 14.0 Å². The lowest BCUT2D eigenvalue weighted by Gasteiger charge is -2.25. The number of pyridine rings is 1. The molecular formula is C29H22ClFN2O6. The van der Waals surface area contributed by atoms with Crippen molar-refractivity contribution in [2.45, 2.75) is 19.4 Å². The van der Waals surface area contributed by atoms with Gasteiger partial charge in [0.2, 0.25) is 0 Å². The number of anilines is 1. The Morgan fingerprint density at radius 2 is 1.90 bits per heavy atom. The Balaban J connectivity index is 1.27. The number of aromatic nitrogens is 1. The molecule has 8 nitrogen and oxygen atoms in total. The number of amides is 1. The van der Waals surface area contributed by atoms with Crippen molar-refractivity contribution in [1.82, 2.24) is 4.98 Å². The molecule has 0 saturated carbocycles. The van der Waals surface area contributed by atoms with Crippen LogP contribution in [0.2, 0.25) is 5.02 Å². The highest BCUT2D eigenvalue weighted by atomic mass is 35.5. The van der Waals surface area contributed by atoms with Gasteiger partial charge in [-0.05, 0) is 61.0 Å². The number of benzene rings is 3. The van der Waals surface area contributed by atoms with E-state index in [2.05, 4.69) is 10.3 Å². The van der Waals surface area contributed by atoms with Gasteiger partial charge in [0.25, 0.3) is 5.91 Å². The largest absolute Gasteiger partial charge is 0.506 e. The van der Waals surface area contributed by atoms with Crippen LogP contribution in [0.4, 0.5) is 15.0 Å². The molecule has 0 radical (unpaired) electrons. The van der Waals surface area contributed by atoms with Crippen LogP contribution in [-0.4, -0.2) is 28.8 Å². The number of hydrogen-bond acceptors (Lipinski definition) is 6. The summed E-state index contributed by atoms with van der Waals surface area (Å²) >= 11 is 6.38. The average Bonchev–Trinajstić information content (AvgIpc) is 2.91. The third kappa shape index (κ3) is 5.94. The van der Waals surface area contributed by atoms with E-state index in [1.54, 1.807) is 73.7 Å². The molecule has 10 heteroatoms. The first-order chi connectivity index (χ1) is 18.8. The standard InChI is InChI=1S/C29H22ClFN2O6/c1-16-5-6-18(13-22(16)31)23-3-2-4-27(32-23)33-28(34)17-7-9-19(10-8-17)38-26-15-25-20(14-21(26)30)24(11-12-37-25)39-29(35)36/h2-10,13-15,24H,11-12H2,1H3,(H,35,36)(H,32,33,34). The molecule has 1 aliphatic heterocycles. The quantitative estimate of drug-likeness (QED) is 0.241. The van der Waals surface area contributed by atoms with Crippen LogP contribution < -0.4 is 14.8 Å². The molecule has 1 amide bonds. The summed E-state index contributed by atoms with van der Waals surface area (Å²) in [7, 11) is 0. The SMILES string of the molecule is Cc1ccc(-c2cccc(NC(=O)c3ccc(Oc4cc5c(cc4Cl)C(OC(=O)O)CCO5)cc3)n2)cc1F. The van der Waals surface area contributed by atoms with Crippen LogP contribution in [0.5, 0.6) is 17.2 Å². The molecule has 1 aliphatic rings. The molecule has 4 aromatic rings. The highest BCUT2D eigenvalue weighted by molar-refractivity contribution is 6.32. The fourth-order valence-corrected chi connectivity index (χ4v) is 4.30. The molecule has 3 aromatic carbocycles. The number of rotatable bonds is 6. The van der Waals surface area contributed by atoms with E-state index >= 15 is 0 Å². The molecular weight excluding hydrogens is 527 g/mol. The highest BCUT2D eigenvalue weighted by Crippen LogP contribution is 2.42. The summed E-state index contributed by atoms with van der Waals surface area (Å²) in [6, 6.07) is 19.5. The van der Waals surface area contributed by atoms with Crippen molar-refractivity contribution in [2.24, 2.45) is 0 Å². The van der Waals surface area contributed by atoms with Gasteiger partial charge >= 0.3 is 6.16 Å². The van der Waals surface area contributed by atoms with E-state index in [1.807, 2.05) is 0 Å². The molecule has 2 heterocycles. The zero-order valence-electron chi connectivity index (χ0n) is 20.6. The van der Waals surface area contributed by atoms with Crippen LogP contribution in [-0.2, 0) is 4.74 Å². The van der Waals surface area contributed by atoms with E-state index in [1.165, 1.54) is 6.07 Å². The number of ether oxygens (including phenoxy) is 3. The molecule has 1 atom stereocenters. The van der Waals surface area contributed by atoms with Crippen LogP contribution in [0, 0.1) is 12.7 Å². The molecule has 5 rings (SSSR count). The van der Waals surface area contributed by atoms with E-state index in [0.717, 1.165) is 0 Å². The summed E-state index contributed by atoms with van der Waals surface area (Å²) < 4.78 is 30.4. The molecule has 39 heavy (non-hydrogen) atoms. The van der Waals surface area contributed by atoms with Gasteiger partial charge in [0.1, 0.15) is 35.0 Å². The lowest BCUT2D eigenvalue weighted by molar-refractivity contribution is 0.0326. The number of aryl methyl sites for hydroxylation is 1. The summed E-state index contributed by atoms with van der Waals surface area (Å²) in [6.45, 7) is 1.97. The van der Waals surface area contributed by atoms with Crippen LogP contribution in [0.25, 0.3) is 11.3 Å². The van der Waals surface area contributed by atoms with Gasteiger partial charge in [-0.15, -0.1) is 0 Å². The van der Waals surface area contributed by atoms with E-state index in [0.29, 0.717) is 57.4 Å². The van der Waals surface area contributed by atoms with Crippen molar-refractivity contribution in [2.75, 3.05) is 11.9 Å². The van der Waals surface area contributed by atoms with E-state index < -0.39 is 12.3 Å². The lowest BCUT2D eigenvalue weighted by atomic mass is 10.0. The number of nitrogens with one attached hydrogen (secondary N) is 1. The Kier molecular flexibility index (Phi) is 7.33. The summed E-state index contributed by atoms with van der Waals surface area (Å²) in [6.07, 6.45) is -1.67. The van der Waals surface area contributed by atoms with Gasteiger partial charge in [0.05, 0.1) is 17.3 Å². The highest BCUT2D eigenvalue weighted by Gasteiger charge is 2.27. The van der Waals surface area contributed by atoms with Gasteiger partial charge in [-0.25, -0.2) is 14.2 Å². The second-order valence-electron chi connectivity index (χ2n) is 8.78. The van der Waals surface area contributed by atoms with Gasteiger partial charge in [0, 0.05) is 29.2 Å². The van der Waals surface area contributed by atoms with Gasteiger partial charge in [-0.2, -0.15) is 0 Å². The summed E-state index contributed by atoms with van der Waals surface area (Å²) in [5.74, 6) is 0.759. The Morgan fingerprint density at radius 1 is 1.10 bits per heavy atom. The number of nitrogens with zero attached hydrogens (tertiary/aromatic N) is 1. The molecule has 2 N–H and O–H groups in total. The zero-order valence-corrected chi connectivity index (χ0v) is 21.4. The maximum atomic E-state index is 14.0. The number of carbonyl (C=O) groups is 2. The number of hydrogen-bond donors (Lipinski definition) is 2. The van der Waals surface area contributed by atoms with Crippen LogP contribution in [0.1, 0.15) is 34.0 Å². The molecule has 0 spiro atoms. The van der Waals surface area contributed by atoms with Crippen LogP contribution in [0.15, 0.2) is 72.8 Å². The first-order valence-corrected chi connectivity index (χ1v) is 12.3. The third-order valence-electron chi connectivity index (χ3n) is 6.09. The summed E-state index contributed by atoms with van der Waals surface area (Å²) in [5.41, 5.74) is 2.56. The van der Waals surface area contributed by atoms with Crippen molar-refractivity contribution in [1.29, 1.82) is 0 Å². The number of carboxylic acid groups (broad SMARTS) is 1. The Labute approximate surface area is 227 Å². The average molecular weight is 549 g/mol. The second-order valence-corrected chi connectivity index (χ2v) is 9.19. The third-order valence-corrected chi connectivity index (χ3v) is 6.39. The predicted octanol–water partition coefficient (Wildman–Crippen LogP) is 7.41. The Bertz CT molecular complexity index is 1560. The summed E-state index contributed by atoms with van der Waals surface area (Å²) in [5, 5.41) is 12.0. The lowest BCUT2D eigenvalue weighted by Crippen LogP contribution is -2.18. The maximum absolute atomic E-state index is 14.0. The van der Waals surface area contributed by atoms with E-state index in [-0.39, 0.29) is 23.4 Å². The molecule has 0 bridgehead atoms. The normalized spacial score (nSPS) is 14.1. The second kappa shape index (κ2) is 11.0. The first-order valence-electron chi connectivity index (χ1n) is 12.0. The van der Waals surface area contributed by atoms with Gasteiger partial charge in [-0.3, -0.25) is 4.79 Å².